The number of anilines is 1. The molecule has 126 valence electrons. The fourth-order valence-electron chi connectivity index (χ4n) is 2.18. The molecule has 0 spiro atoms. The molecule has 1 aromatic rings. The second-order valence-electron chi connectivity index (χ2n) is 4.87. The van der Waals surface area contributed by atoms with Crippen LogP contribution in [-0.4, -0.2) is 26.2 Å². The lowest BCUT2D eigenvalue weighted by atomic mass is 10.1. The molecular formula is C17H15Br2NO4. The van der Waals surface area contributed by atoms with Gasteiger partial charge in [0.1, 0.15) is 5.70 Å². The Morgan fingerprint density at radius 2 is 1.67 bits per heavy atom. The van der Waals surface area contributed by atoms with Crippen molar-refractivity contribution in [3.05, 3.63) is 62.3 Å². The summed E-state index contributed by atoms with van der Waals surface area (Å²) in [6, 6.07) is 3.77. The van der Waals surface area contributed by atoms with Crippen molar-refractivity contribution in [3.63, 3.8) is 0 Å². The number of rotatable bonds is 3. The summed E-state index contributed by atoms with van der Waals surface area (Å²) in [5, 5.41) is 0. The van der Waals surface area contributed by atoms with E-state index in [0.29, 0.717) is 5.69 Å². The minimum Gasteiger partial charge on any atom is -0.465 e. The molecule has 0 saturated carbocycles. The maximum absolute atomic E-state index is 12.4. The molecular weight excluding hydrogens is 442 g/mol. The highest BCUT2D eigenvalue weighted by molar-refractivity contribution is 9.11. The number of methoxy groups -OCH3 is 2. The maximum atomic E-state index is 12.4. The molecule has 1 aromatic carbocycles. The highest BCUT2D eigenvalue weighted by atomic mass is 79.9. The Morgan fingerprint density at radius 3 is 2.29 bits per heavy atom. The summed E-state index contributed by atoms with van der Waals surface area (Å²) in [5.41, 5.74) is 1.86. The van der Waals surface area contributed by atoms with E-state index in [9.17, 15) is 9.59 Å². The molecule has 2 rings (SSSR count). The summed E-state index contributed by atoms with van der Waals surface area (Å²) in [6.07, 6.45) is 6.60. The summed E-state index contributed by atoms with van der Waals surface area (Å²) in [5.74, 6) is -1.26. The van der Waals surface area contributed by atoms with Crippen molar-refractivity contribution in [3.8, 4) is 0 Å². The first kappa shape index (κ1) is 18.5. The van der Waals surface area contributed by atoms with Crippen molar-refractivity contribution in [2.24, 2.45) is 0 Å². The fraction of sp³-hybridized carbons (Fsp3) is 0.176. The molecule has 0 aromatic heterocycles. The normalized spacial score (nSPS) is 13.8. The Morgan fingerprint density at radius 1 is 1.00 bits per heavy atom. The molecule has 1 aliphatic rings. The monoisotopic (exact) mass is 455 g/mol. The number of hydrogen-bond donors (Lipinski definition) is 0. The predicted octanol–water partition coefficient (Wildman–Crippen LogP) is 4.01. The number of allylic oxidation sites excluding steroid dienone is 2. The third-order valence-electron chi connectivity index (χ3n) is 3.38. The first-order valence-electron chi connectivity index (χ1n) is 6.91. The fourth-order valence-corrected chi connectivity index (χ4v) is 3.36. The lowest BCUT2D eigenvalue weighted by molar-refractivity contribution is -0.139. The first-order valence-corrected chi connectivity index (χ1v) is 8.50. The lowest BCUT2D eigenvalue weighted by Crippen LogP contribution is -2.27. The third kappa shape index (κ3) is 3.62. The van der Waals surface area contributed by atoms with Crippen LogP contribution < -0.4 is 4.90 Å². The van der Waals surface area contributed by atoms with Gasteiger partial charge in [-0.2, -0.15) is 0 Å². The highest BCUT2D eigenvalue weighted by Crippen LogP contribution is 2.36. The topological polar surface area (TPSA) is 55.8 Å². The van der Waals surface area contributed by atoms with Crippen molar-refractivity contribution in [2.75, 3.05) is 19.1 Å². The third-order valence-corrected chi connectivity index (χ3v) is 4.87. The average Bonchev–Trinajstić information content (AvgIpc) is 2.79. The van der Waals surface area contributed by atoms with Crippen LogP contribution in [0.5, 0.6) is 0 Å². The number of halogens is 2. The largest absolute Gasteiger partial charge is 0.465 e. The number of aryl methyl sites for hydroxylation is 1. The Labute approximate surface area is 156 Å². The number of esters is 2. The molecule has 0 unspecified atom stereocenters. The van der Waals surface area contributed by atoms with Crippen LogP contribution in [0.1, 0.15) is 5.56 Å². The van der Waals surface area contributed by atoms with Crippen molar-refractivity contribution in [2.45, 2.75) is 6.92 Å². The van der Waals surface area contributed by atoms with Gasteiger partial charge in [-0.3, -0.25) is 0 Å². The van der Waals surface area contributed by atoms with Gasteiger partial charge in [0, 0.05) is 15.1 Å². The summed E-state index contributed by atoms with van der Waals surface area (Å²) >= 11 is 6.97. The standard InChI is InChI=1S/C17H15Br2NO4/c1-10-8-14(13(19)9-12(10)18)20-7-5-4-6-11(16(21)23-2)15(20)17(22)24-3/h4-9H,1-3H3. The van der Waals surface area contributed by atoms with Gasteiger partial charge in [0.05, 0.1) is 25.5 Å². The number of nitrogens with zero attached hydrogens (tertiary/aromatic N) is 1. The van der Waals surface area contributed by atoms with Crippen LogP contribution in [0, 0.1) is 6.92 Å². The van der Waals surface area contributed by atoms with Gasteiger partial charge in [0.2, 0.25) is 0 Å². The van der Waals surface area contributed by atoms with Crippen molar-refractivity contribution < 1.29 is 19.1 Å². The van der Waals surface area contributed by atoms with Gasteiger partial charge in [-0.05, 0) is 52.7 Å². The van der Waals surface area contributed by atoms with Crippen LogP contribution in [-0.2, 0) is 19.1 Å². The number of hydrogen-bond acceptors (Lipinski definition) is 5. The Kier molecular flexibility index (Phi) is 6.01. The van der Waals surface area contributed by atoms with Crippen LogP contribution in [0.4, 0.5) is 5.69 Å². The molecule has 0 atom stereocenters. The zero-order valence-electron chi connectivity index (χ0n) is 13.3. The number of carbonyl (C=O) groups is 2. The van der Waals surface area contributed by atoms with Crippen LogP contribution in [0.15, 0.2) is 56.8 Å². The van der Waals surface area contributed by atoms with Crippen LogP contribution in [0.25, 0.3) is 0 Å². The van der Waals surface area contributed by atoms with E-state index in [2.05, 4.69) is 31.9 Å². The van der Waals surface area contributed by atoms with Crippen molar-refractivity contribution in [1.29, 1.82) is 0 Å². The minimum atomic E-state index is -0.640. The molecule has 7 heteroatoms. The zero-order chi connectivity index (χ0) is 17.9. The molecule has 0 radical (unpaired) electrons. The second-order valence-corrected chi connectivity index (χ2v) is 6.58. The number of carbonyl (C=O) groups excluding carboxylic acids is 2. The van der Waals surface area contributed by atoms with E-state index in [-0.39, 0.29) is 11.3 Å². The van der Waals surface area contributed by atoms with E-state index in [1.165, 1.54) is 20.3 Å². The van der Waals surface area contributed by atoms with Gasteiger partial charge in [0.15, 0.2) is 0 Å². The number of ether oxygens (including phenoxy) is 2. The lowest BCUT2D eigenvalue weighted by Gasteiger charge is -2.24. The van der Waals surface area contributed by atoms with E-state index in [1.54, 1.807) is 23.3 Å². The van der Waals surface area contributed by atoms with E-state index in [4.69, 9.17) is 9.47 Å². The average molecular weight is 457 g/mol. The second kappa shape index (κ2) is 7.81. The maximum Gasteiger partial charge on any atom is 0.355 e. The zero-order valence-corrected chi connectivity index (χ0v) is 16.5. The van der Waals surface area contributed by atoms with E-state index >= 15 is 0 Å². The molecule has 0 aliphatic carbocycles. The molecule has 24 heavy (non-hydrogen) atoms. The van der Waals surface area contributed by atoms with E-state index < -0.39 is 11.9 Å². The summed E-state index contributed by atoms with van der Waals surface area (Å²) in [6.45, 7) is 1.93. The molecule has 5 nitrogen and oxygen atoms in total. The van der Waals surface area contributed by atoms with Gasteiger partial charge < -0.3 is 14.4 Å². The molecule has 1 aliphatic heterocycles. The molecule has 0 N–H and O–H groups in total. The van der Waals surface area contributed by atoms with Gasteiger partial charge in [0.25, 0.3) is 0 Å². The van der Waals surface area contributed by atoms with Gasteiger partial charge in [-0.1, -0.05) is 22.0 Å². The van der Waals surface area contributed by atoms with Crippen LogP contribution >= 0.6 is 31.9 Å². The van der Waals surface area contributed by atoms with Gasteiger partial charge in [-0.15, -0.1) is 0 Å². The summed E-state index contributed by atoms with van der Waals surface area (Å²) in [4.78, 5) is 26.1. The molecule has 0 saturated heterocycles. The number of benzene rings is 1. The van der Waals surface area contributed by atoms with Crippen molar-refractivity contribution >= 4 is 49.5 Å². The van der Waals surface area contributed by atoms with Crippen LogP contribution in [0.2, 0.25) is 0 Å². The van der Waals surface area contributed by atoms with Gasteiger partial charge in [-0.25, -0.2) is 9.59 Å². The van der Waals surface area contributed by atoms with E-state index in [0.717, 1.165) is 14.5 Å². The first-order chi connectivity index (χ1) is 11.4. The molecule has 1 heterocycles. The Balaban J connectivity index is 2.72. The molecule has 0 amide bonds. The summed E-state index contributed by atoms with van der Waals surface area (Å²) in [7, 11) is 2.53. The highest BCUT2D eigenvalue weighted by Gasteiger charge is 2.28. The quantitative estimate of drug-likeness (QED) is 0.643. The molecule has 0 bridgehead atoms. The van der Waals surface area contributed by atoms with E-state index in [1.807, 2.05) is 19.1 Å². The smallest absolute Gasteiger partial charge is 0.355 e. The predicted molar refractivity (Wildman–Crippen MR) is 98.4 cm³/mol. The Bertz CT molecular complexity index is 781. The Hall–Kier alpha value is -1.86. The summed E-state index contributed by atoms with van der Waals surface area (Å²) < 4.78 is 11.3. The van der Waals surface area contributed by atoms with Crippen molar-refractivity contribution in [1.82, 2.24) is 0 Å². The van der Waals surface area contributed by atoms with Gasteiger partial charge >= 0.3 is 11.9 Å². The van der Waals surface area contributed by atoms with Crippen LogP contribution in [0.3, 0.4) is 0 Å². The molecule has 0 fully saturated rings. The minimum absolute atomic E-state index is 0.0803. The SMILES string of the molecule is COC(=O)C1=C(C(=O)OC)N(c2cc(C)c(Br)cc2Br)C=CC=C1.